The summed E-state index contributed by atoms with van der Waals surface area (Å²) in [4.78, 5) is 22.3. The Labute approximate surface area is 124 Å². The summed E-state index contributed by atoms with van der Waals surface area (Å²) in [5, 5.41) is 2.92. The monoisotopic (exact) mass is 287 g/mol. The maximum absolute atomic E-state index is 11.9. The summed E-state index contributed by atoms with van der Waals surface area (Å²) in [6.07, 6.45) is 5.39. The fourth-order valence-electron chi connectivity index (χ4n) is 2.12. The molecule has 0 aliphatic heterocycles. The van der Waals surface area contributed by atoms with Gasteiger partial charge in [-0.2, -0.15) is 0 Å². The lowest BCUT2D eigenvalue weighted by Crippen LogP contribution is -2.40. The van der Waals surface area contributed by atoms with Gasteiger partial charge in [-0.05, 0) is 26.0 Å². The average molecular weight is 287 g/mol. The molecule has 2 heterocycles. The van der Waals surface area contributed by atoms with E-state index in [-0.39, 0.29) is 6.03 Å². The van der Waals surface area contributed by atoms with Crippen LogP contribution in [0.5, 0.6) is 0 Å². The fraction of sp³-hybridized carbons (Fsp3) is 0.400. The molecule has 1 N–H and O–H groups in total. The van der Waals surface area contributed by atoms with Gasteiger partial charge in [-0.1, -0.05) is 6.07 Å². The standard InChI is InChI=1S/C15H21N5O/c1-3-19(4-2)15(21)18-10-12-20-11-9-17-14(20)13-7-5-6-8-16-13/h5-9,11H,3-4,10,12H2,1-2H3,(H,18,21). The van der Waals surface area contributed by atoms with Gasteiger partial charge in [0.2, 0.25) is 0 Å². The minimum absolute atomic E-state index is 0.0282. The molecule has 21 heavy (non-hydrogen) atoms. The highest BCUT2D eigenvalue weighted by molar-refractivity contribution is 5.74. The Morgan fingerprint density at radius 2 is 2.05 bits per heavy atom. The van der Waals surface area contributed by atoms with Gasteiger partial charge < -0.3 is 14.8 Å². The fourth-order valence-corrected chi connectivity index (χ4v) is 2.12. The lowest BCUT2D eigenvalue weighted by molar-refractivity contribution is 0.203. The molecule has 2 aromatic heterocycles. The van der Waals surface area contributed by atoms with Crippen LogP contribution >= 0.6 is 0 Å². The Balaban J connectivity index is 1.93. The Morgan fingerprint density at radius 1 is 1.24 bits per heavy atom. The Kier molecular flexibility index (Phi) is 5.31. The number of urea groups is 1. The third-order valence-electron chi connectivity index (χ3n) is 3.29. The molecule has 0 aromatic carbocycles. The molecule has 2 aromatic rings. The van der Waals surface area contributed by atoms with E-state index < -0.39 is 0 Å². The first-order valence-corrected chi connectivity index (χ1v) is 7.21. The number of nitrogens with zero attached hydrogens (tertiary/aromatic N) is 4. The van der Waals surface area contributed by atoms with E-state index in [1.165, 1.54) is 0 Å². The number of aromatic nitrogens is 3. The van der Waals surface area contributed by atoms with Crippen LogP contribution in [0, 0.1) is 0 Å². The first-order chi connectivity index (χ1) is 10.3. The van der Waals surface area contributed by atoms with Gasteiger partial charge in [-0.15, -0.1) is 0 Å². The quantitative estimate of drug-likeness (QED) is 0.884. The largest absolute Gasteiger partial charge is 0.336 e. The van der Waals surface area contributed by atoms with Crippen molar-refractivity contribution >= 4 is 6.03 Å². The molecular weight excluding hydrogens is 266 g/mol. The summed E-state index contributed by atoms with van der Waals surface area (Å²) in [5.74, 6) is 0.813. The molecule has 6 nitrogen and oxygen atoms in total. The van der Waals surface area contributed by atoms with E-state index in [1.54, 1.807) is 17.3 Å². The van der Waals surface area contributed by atoms with Crippen molar-refractivity contribution in [2.45, 2.75) is 20.4 Å². The van der Waals surface area contributed by atoms with Crippen molar-refractivity contribution in [2.24, 2.45) is 0 Å². The molecule has 112 valence electrons. The number of pyridine rings is 1. The number of rotatable bonds is 6. The third-order valence-corrected chi connectivity index (χ3v) is 3.29. The topological polar surface area (TPSA) is 63.1 Å². The lowest BCUT2D eigenvalue weighted by Gasteiger charge is -2.19. The van der Waals surface area contributed by atoms with E-state index in [0.717, 1.165) is 11.5 Å². The summed E-state index contributed by atoms with van der Waals surface area (Å²) in [5.41, 5.74) is 0.831. The van der Waals surface area contributed by atoms with E-state index in [2.05, 4.69) is 15.3 Å². The van der Waals surface area contributed by atoms with Gasteiger partial charge in [-0.3, -0.25) is 4.98 Å². The van der Waals surface area contributed by atoms with Crippen molar-refractivity contribution in [3.05, 3.63) is 36.8 Å². The summed E-state index contributed by atoms with van der Waals surface area (Å²) in [7, 11) is 0. The second kappa shape index (κ2) is 7.42. The molecule has 0 radical (unpaired) electrons. The van der Waals surface area contributed by atoms with Crippen molar-refractivity contribution in [1.82, 2.24) is 24.8 Å². The molecule has 0 atom stereocenters. The number of hydrogen-bond donors (Lipinski definition) is 1. The van der Waals surface area contributed by atoms with Gasteiger partial charge in [0.15, 0.2) is 5.82 Å². The molecule has 0 saturated carbocycles. The van der Waals surface area contributed by atoms with Crippen LogP contribution in [0.2, 0.25) is 0 Å². The molecule has 0 bridgehead atoms. The van der Waals surface area contributed by atoms with Gasteiger partial charge in [-0.25, -0.2) is 9.78 Å². The van der Waals surface area contributed by atoms with Crippen molar-refractivity contribution in [1.29, 1.82) is 0 Å². The molecular formula is C15H21N5O. The molecule has 0 aliphatic rings. The highest BCUT2D eigenvalue weighted by atomic mass is 16.2. The highest BCUT2D eigenvalue weighted by Crippen LogP contribution is 2.13. The van der Waals surface area contributed by atoms with Crippen LogP contribution in [-0.4, -0.2) is 45.1 Å². The molecule has 0 spiro atoms. The van der Waals surface area contributed by atoms with Crippen LogP contribution in [0.3, 0.4) is 0 Å². The van der Waals surface area contributed by atoms with Crippen LogP contribution in [0.1, 0.15) is 13.8 Å². The highest BCUT2D eigenvalue weighted by Gasteiger charge is 2.09. The van der Waals surface area contributed by atoms with E-state index >= 15 is 0 Å². The normalized spacial score (nSPS) is 10.4. The zero-order chi connectivity index (χ0) is 15.1. The van der Waals surface area contributed by atoms with Crippen molar-refractivity contribution < 1.29 is 4.79 Å². The van der Waals surface area contributed by atoms with E-state index in [9.17, 15) is 4.79 Å². The van der Waals surface area contributed by atoms with Crippen molar-refractivity contribution in [3.63, 3.8) is 0 Å². The number of nitrogens with one attached hydrogen (secondary N) is 1. The maximum Gasteiger partial charge on any atom is 0.317 e. The molecule has 0 fully saturated rings. The zero-order valence-corrected chi connectivity index (χ0v) is 12.5. The van der Waals surface area contributed by atoms with Crippen LogP contribution < -0.4 is 5.32 Å². The Bertz CT molecular complexity index is 562. The number of carbonyl (C=O) groups is 1. The van der Waals surface area contributed by atoms with Crippen LogP contribution in [0.15, 0.2) is 36.8 Å². The third kappa shape index (κ3) is 3.81. The maximum atomic E-state index is 11.9. The number of imidazole rings is 1. The predicted molar refractivity (Wildman–Crippen MR) is 81.8 cm³/mol. The molecule has 6 heteroatoms. The molecule has 0 aliphatic carbocycles. The van der Waals surface area contributed by atoms with E-state index in [1.807, 2.05) is 42.8 Å². The van der Waals surface area contributed by atoms with Crippen LogP contribution in [0.25, 0.3) is 11.5 Å². The Hall–Kier alpha value is -2.37. The van der Waals surface area contributed by atoms with Gasteiger partial charge in [0.05, 0.1) is 0 Å². The van der Waals surface area contributed by atoms with E-state index in [0.29, 0.717) is 26.2 Å². The van der Waals surface area contributed by atoms with Crippen LogP contribution in [0.4, 0.5) is 4.79 Å². The lowest BCUT2D eigenvalue weighted by atomic mass is 10.3. The molecule has 2 amide bonds. The van der Waals surface area contributed by atoms with Gasteiger partial charge in [0.1, 0.15) is 5.69 Å². The van der Waals surface area contributed by atoms with Crippen molar-refractivity contribution in [3.8, 4) is 11.5 Å². The number of carbonyl (C=O) groups excluding carboxylic acids is 1. The first-order valence-electron chi connectivity index (χ1n) is 7.21. The smallest absolute Gasteiger partial charge is 0.317 e. The summed E-state index contributed by atoms with van der Waals surface area (Å²) < 4.78 is 1.99. The SMILES string of the molecule is CCN(CC)C(=O)NCCn1ccnc1-c1ccccn1. The second-order valence-corrected chi connectivity index (χ2v) is 4.56. The average Bonchev–Trinajstić information content (AvgIpc) is 2.98. The number of hydrogen-bond acceptors (Lipinski definition) is 3. The minimum Gasteiger partial charge on any atom is -0.336 e. The summed E-state index contributed by atoms with van der Waals surface area (Å²) >= 11 is 0. The van der Waals surface area contributed by atoms with Gasteiger partial charge >= 0.3 is 6.03 Å². The number of amides is 2. The van der Waals surface area contributed by atoms with Gasteiger partial charge in [0, 0.05) is 44.8 Å². The van der Waals surface area contributed by atoms with E-state index in [4.69, 9.17) is 0 Å². The molecule has 2 rings (SSSR count). The minimum atomic E-state index is -0.0282. The molecule has 0 unspecified atom stereocenters. The van der Waals surface area contributed by atoms with Crippen LogP contribution in [-0.2, 0) is 6.54 Å². The Morgan fingerprint density at radius 3 is 2.71 bits per heavy atom. The predicted octanol–water partition coefficient (Wildman–Crippen LogP) is 2.00. The first kappa shape index (κ1) is 15.0. The van der Waals surface area contributed by atoms with Crippen molar-refractivity contribution in [2.75, 3.05) is 19.6 Å². The zero-order valence-electron chi connectivity index (χ0n) is 12.5. The second-order valence-electron chi connectivity index (χ2n) is 4.56. The summed E-state index contributed by atoms with van der Waals surface area (Å²) in [6, 6.07) is 5.71. The summed E-state index contributed by atoms with van der Waals surface area (Å²) in [6.45, 7) is 6.60. The molecule has 0 saturated heterocycles. The van der Waals surface area contributed by atoms with Gasteiger partial charge in [0.25, 0.3) is 0 Å².